The summed E-state index contributed by atoms with van der Waals surface area (Å²) in [6.45, 7) is 8.39. The van der Waals surface area contributed by atoms with E-state index in [4.69, 9.17) is 4.42 Å². The fourth-order valence-corrected chi connectivity index (χ4v) is 3.14. The van der Waals surface area contributed by atoms with Crippen LogP contribution in [0.15, 0.2) is 41.0 Å². The molecule has 26 heavy (non-hydrogen) atoms. The number of rotatable bonds is 4. The van der Waals surface area contributed by atoms with Gasteiger partial charge in [0.1, 0.15) is 0 Å². The molecule has 0 radical (unpaired) electrons. The lowest BCUT2D eigenvalue weighted by Crippen LogP contribution is -2.54. The molecule has 1 aromatic carbocycles. The normalized spacial score (nSPS) is 16.3. The Morgan fingerprint density at radius 1 is 1.12 bits per heavy atom. The van der Waals surface area contributed by atoms with Crippen molar-refractivity contribution in [1.29, 1.82) is 0 Å². The highest BCUT2D eigenvalue weighted by Crippen LogP contribution is 2.18. The van der Waals surface area contributed by atoms with Crippen LogP contribution in [0, 0.1) is 13.8 Å². The maximum Gasteiger partial charge on any atom is 0.289 e. The van der Waals surface area contributed by atoms with Crippen molar-refractivity contribution in [2.75, 3.05) is 31.5 Å². The van der Waals surface area contributed by atoms with Crippen molar-refractivity contribution in [2.24, 2.45) is 0 Å². The number of benzene rings is 1. The van der Waals surface area contributed by atoms with Crippen LogP contribution in [0.3, 0.4) is 0 Å². The number of hydrogen-bond donors (Lipinski definition) is 1. The summed E-state index contributed by atoms with van der Waals surface area (Å²) in [6, 6.07) is 9.16. The quantitative estimate of drug-likeness (QED) is 0.916. The Hall–Kier alpha value is -2.60. The molecule has 2 heterocycles. The summed E-state index contributed by atoms with van der Waals surface area (Å²) in [5.74, 6) is 0.241. The number of furan rings is 1. The number of hydrogen-bond acceptors (Lipinski definition) is 4. The number of piperazine rings is 1. The molecule has 2 amide bonds. The Balaban J connectivity index is 1.56. The molecule has 1 aliphatic rings. The third-order valence-electron chi connectivity index (χ3n) is 4.91. The van der Waals surface area contributed by atoms with Crippen LogP contribution in [0.2, 0.25) is 0 Å². The van der Waals surface area contributed by atoms with Gasteiger partial charge in [-0.2, -0.15) is 0 Å². The fraction of sp³-hybridized carbons (Fsp3) is 0.400. The minimum atomic E-state index is -0.254. The summed E-state index contributed by atoms with van der Waals surface area (Å²) in [6.07, 6.45) is 1.50. The molecule has 1 atom stereocenters. The van der Waals surface area contributed by atoms with E-state index in [0.717, 1.165) is 16.8 Å². The van der Waals surface area contributed by atoms with Crippen molar-refractivity contribution in [3.05, 3.63) is 53.5 Å². The second-order valence-corrected chi connectivity index (χ2v) is 6.79. The lowest BCUT2D eigenvalue weighted by atomic mass is 10.1. The minimum Gasteiger partial charge on any atom is -0.459 e. The van der Waals surface area contributed by atoms with Crippen molar-refractivity contribution in [1.82, 2.24) is 9.80 Å². The highest BCUT2D eigenvalue weighted by Gasteiger charge is 2.28. The van der Waals surface area contributed by atoms with Crippen molar-refractivity contribution >= 4 is 17.5 Å². The zero-order valence-electron chi connectivity index (χ0n) is 15.5. The lowest BCUT2D eigenvalue weighted by Gasteiger charge is -2.37. The smallest absolute Gasteiger partial charge is 0.289 e. The van der Waals surface area contributed by atoms with Gasteiger partial charge < -0.3 is 14.6 Å². The van der Waals surface area contributed by atoms with Gasteiger partial charge in [-0.3, -0.25) is 14.5 Å². The van der Waals surface area contributed by atoms with Crippen LogP contribution in [0.4, 0.5) is 5.69 Å². The molecule has 1 aromatic heterocycles. The summed E-state index contributed by atoms with van der Waals surface area (Å²) in [5.41, 5.74) is 3.02. The highest BCUT2D eigenvalue weighted by atomic mass is 16.3. The Kier molecular flexibility index (Phi) is 5.42. The molecule has 0 aliphatic carbocycles. The van der Waals surface area contributed by atoms with E-state index in [-0.39, 0.29) is 17.9 Å². The van der Waals surface area contributed by atoms with Gasteiger partial charge in [-0.15, -0.1) is 0 Å². The zero-order chi connectivity index (χ0) is 18.7. The molecule has 1 N–H and O–H groups in total. The van der Waals surface area contributed by atoms with E-state index in [1.165, 1.54) is 6.26 Å². The first kappa shape index (κ1) is 18.2. The average Bonchev–Trinajstić information content (AvgIpc) is 3.18. The fourth-order valence-electron chi connectivity index (χ4n) is 3.14. The zero-order valence-corrected chi connectivity index (χ0v) is 15.5. The molecular formula is C20H25N3O3. The molecule has 138 valence electrons. The van der Waals surface area contributed by atoms with Gasteiger partial charge in [0, 0.05) is 31.9 Å². The van der Waals surface area contributed by atoms with E-state index in [1.807, 2.05) is 39.0 Å². The lowest BCUT2D eigenvalue weighted by molar-refractivity contribution is -0.121. The number of carbonyl (C=O) groups is 2. The second-order valence-electron chi connectivity index (χ2n) is 6.79. The largest absolute Gasteiger partial charge is 0.459 e. The maximum absolute atomic E-state index is 12.6. The predicted molar refractivity (Wildman–Crippen MR) is 100 cm³/mol. The molecule has 0 unspecified atom stereocenters. The number of aryl methyl sites for hydroxylation is 2. The van der Waals surface area contributed by atoms with E-state index in [0.29, 0.717) is 31.9 Å². The molecule has 1 saturated heterocycles. The Bertz CT molecular complexity index is 778. The van der Waals surface area contributed by atoms with Gasteiger partial charge in [-0.05, 0) is 50.1 Å². The van der Waals surface area contributed by atoms with E-state index in [2.05, 4.69) is 10.2 Å². The van der Waals surface area contributed by atoms with Crippen LogP contribution >= 0.6 is 0 Å². The van der Waals surface area contributed by atoms with E-state index in [9.17, 15) is 9.59 Å². The van der Waals surface area contributed by atoms with Gasteiger partial charge in [0.05, 0.1) is 12.3 Å². The van der Waals surface area contributed by atoms with E-state index in [1.54, 1.807) is 17.0 Å². The van der Waals surface area contributed by atoms with Crippen LogP contribution in [0.1, 0.15) is 28.6 Å². The molecular weight excluding hydrogens is 330 g/mol. The number of nitrogens with one attached hydrogen (secondary N) is 1. The first-order valence-corrected chi connectivity index (χ1v) is 8.90. The van der Waals surface area contributed by atoms with Crippen LogP contribution in [0.25, 0.3) is 0 Å². The first-order chi connectivity index (χ1) is 12.5. The molecule has 2 aromatic rings. The number of amides is 2. The summed E-state index contributed by atoms with van der Waals surface area (Å²) < 4.78 is 5.18. The summed E-state index contributed by atoms with van der Waals surface area (Å²) in [4.78, 5) is 28.8. The Labute approximate surface area is 153 Å². The molecule has 0 bridgehead atoms. The van der Waals surface area contributed by atoms with Gasteiger partial charge in [0.15, 0.2) is 5.76 Å². The standard InChI is InChI=1S/C20H25N3O3/c1-14-6-7-15(2)17(13-14)21-19(24)16(3)22-8-10-23(11-9-22)20(25)18-5-4-12-26-18/h4-7,12-13,16H,8-11H2,1-3H3,(H,21,24)/t16-/m0/s1. The number of nitrogens with zero attached hydrogens (tertiary/aromatic N) is 2. The third kappa shape index (κ3) is 3.96. The van der Waals surface area contributed by atoms with Crippen LogP contribution in [0.5, 0.6) is 0 Å². The van der Waals surface area contributed by atoms with Crippen molar-refractivity contribution < 1.29 is 14.0 Å². The maximum atomic E-state index is 12.6. The summed E-state index contributed by atoms with van der Waals surface area (Å²) in [5, 5.41) is 3.03. The van der Waals surface area contributed by atoms with Crippen LogP contribution < -0.4 is 5.32 Å². The molecule has 3 rings (SSSR count). The Morgan fingerprint density at radius 3 is 2.50 bits per heavy atom. The molecule has 0 saturated carbocycles. The van der Waals surface area contributed by atoms with Gasteiger partial charge in [-0.25, -0.2) is 0 Å². The van der Waals surface area contributed by atoms with E-state index < -0.39 is 0 Å². The SMILES string of the molecule is Cc1ccc(C)c(NC(=O)[C@H](C)N2CCN(C(=O)c3ccco3)CC2)c1. The van der Waals surface area contributed by atoms with Crippen molar-refractivity contribution in [3.63, 3.8) is 0 Å². The molecule has 0 spiro atoms. The van der Waals surface area contributed by atoms with Gasteiger partial charge in [0.25, 0.3) is 5.91 Å². The molecule has 1 aliphatic heterocycles. The minimum absolute atomic E-state index is 0.0236. The van der Waals surface area contributed by atoms with Crippen LogP contribution in [-0.4, -0.2) is 53.8 Å². The van der Waals surface area contributed by atoms with Crippen LogP contribution in [-0.2, 0) is 4.79 Å². The first-order valence-electron chi connectivity index (χ1n) is 8.90. The highest BCUT2D eigenvalue weighted by molar-refractivity contribution is 5.95. The van der Waals surface area contributed by atoms with Gasteiger partial charge in [-0.1, -0.05) is 12.1 Å². The predicted octanol–water partition coefficient (Wildman–Crippen LogP) is 2.68. The molecule has 6 nitrogen and oxygen atoms in total. The third-order valence-corrected chi connectivity index (χ3v) is 4.91. The molecule has 1 fully saturated rings. The van der Waals surface area contributed by atoms with Gasteiger partial charge >= 0.3 is 0 Å². The second kappa shape index (κ2) is 7.74. The average molecular weight is 355 g/mol. The topological polar surface area (TPSA) is 65.8 Å². The van der Waals surface area contributed by atoms with E-state index >= 15 is 0 Å². The Morgan fingerprint density at radius 2 is 1.85 bits per heavy atom. The van der Waals surface area contributed by atoms with Crippen molar-refractivity contribution in [3.8, 4) is 0 Å². The number of carbonyl (C=O) groups excluding carboxylic acids is 2. The summed E-state index contributed by atoms with van der Waals surface area (Å²) in [7, 11) is 0. The number of anilines is 1. The monoisotopic (exact) mass is 355 g/mol. The summed E-state index contributed by atoms with van der Waals surface area (Å²) >= 11 is 0. The molecule has 6 heteroatoms. The van der Waals surface area contributed by atoms with Gasteiger partial charge in [0.2, 0.25) is 5.91 Å². The van der Waals surface area contributed by atoms with Crippen molar-refractivity contribution in [2.45, 2.75) is 26.8 Å².